The Kier molecular flexibility index (Phi) is 7.16. The van der Waals surface area contributed by atoms with Crippen LogP contribution in [0.25, 0.3) is 0 Å². The molecule has 0 saturated carbocycles. The van der Waals surface area contributed by atoms with Crippen LogP contribution >= 0.6 is 23.2 Å². The van der Waals surface area contributed by atoms with Crippen molar-refractivity contribution in [3.05, 3.63) is 64.1 Å². The standard InChI is InChI=1S/C22H20Cl2N4O3/c1-27(22(31)20-17(23)8-5-9-18(20)24)13-19(29)28-12-14(10-16(28)11-25)21(30)26-15-6-3-2-4-7-15/h2-9,14,16H,10,12-13H2,1H3,(H,26,30). The molecule has 160 valence electrons. The molecule has 0 bridgehead atoms. The lowest BCUT2D eigenvalue weighted by Gasteiger charge is -2.24. The molecule has 0 spiro atoms. The maximum atomic E-state index is 12.8. The first-order valence-electron chi connectivity index (χ1n) is 9.56. The monoisotopic (exact) mass is 458 g/mol. The Labute approximate surface area is 190 Å². The first-order chi connectivity index (χ1) is 14.8. The molecule has 7 nitrogen and oxygen atoms in total. The number of carbonyl (C=O) groups excluding carboxylic acids is 3. The number of benzene rings is 2. The van der Waals surface area contributed by atoms with Crippen molar-refractivity contribution in [2.24, 2.45) is 5.92 Å². The molecule has 0 aromatic heterocycles. The number of anilines is 1. The fraction of sp³-hybridized carbons (Fsp3) is 0.273. The van der Waals surface area contributed by atoms with Crippen LogP contribution in [0, 0.1) is 17.2 Å². The Balaban J connectivity index is 1.66. The highest BCUT2D eigenvalue weighted by molar-refractivity contribution is 6.39. The number of para-hydroxylation sites is 1. The average molecular weight is 459 g/mol. The second kappa shape index (κ2) is 9.82. The van der Waals surface area contributed by atoms with Crippen molar-refractivity contribution in [2.45, 2.75) is 12.5 Å². The first kappa shape index (κ1) is 22.6. The van der Waals surface area contributed by atoms with Gasteiger partial charge in [0.1, 0.15) is 6.04 Å². The molecule has 2 atom stereocenters. The van der Waals surface area contributed by atoms with Gasteiger partial charge in [-0.25, -0.2) is 0 Å². The molecule has 1 aliphatic heterocycles. The van der Waals surface area contributed by atoms with Gasteiger partial charge in [-0.05, 0) is 30.7 Å². The van der Waals surface area contributed by atoms with Gasteiger partial charge in [0.05, 0.1) is 34.1 Å². The van der Waals surface area contributed by atoms with E-state index in [1.165, 1.54) is 16.8 Å². The molecule has 1 N–H and O–H groups in total. The van der Waals surface area contributed by atoms with Crippen LogP contribution in [0.5, 0.6) is 0 Å². The number of hydrogen-bond acceptors (Lipinski definition) is 4. The molecular weight excluding hydrogens is 439 g/mol. The van der Waals surface area contributed by atoms with Crippen LogP contribution in [-0.2, 0) is 9.59 Å². The molecule has 2 unspecified atom stereocenters. The third kappa shape index (κ3) is 5.16. The molecule has 3 amide bonds. The molecule has 9 heteroatoms. The Morgan fingerprint density at radius 2 is 1.77 bits per heavy atom. The zero-order valence-corrected chi connectivity index (χ0v) is 18.2. The third-order valence-corrected chi connectivity index (χ3v) is 5.71. The Morgan fingerprint density at radius 1 is 1.13 bits per heavy atom. The molecule has 1 saturated heterocycles. The summed E-state index contributed by atoms with van der Waals surface area (Å²) in [5.41, 5.74) is 0.757. The largest absolute Gasteiger partial charge is 0.332 e. The van der Waals surface area contributed by atoms with E-state index in [1.54, 1.807) is 42.5 Å². The van der Waals surface area contributed by atoms with Gasteiger partial charge in [0, 0.05) is 19.3 Å². The maximum Gasteiger partial charge on any atom is 0.257 e. The van der Waals surface area contributed by atoms with Crippen LogP contribution in [0.2, 0.25) is 10.0 Å². The van der Waals surface area contributed by atoms with Gasteiger partial charge in [0.2, 0.25) is 11.8 Å². The lowest BCUT2D eigenvalue weighted by atomic mass is 10.1. The normalized spacial score (nSPS) is 17.7. The van der Waals surface area contributed by atoms with Crippen molar-refractivity contribution >= 4 is 46.6 Å². The van der Waals surface area contributed by atoms with Gasteiger partial charge in [0.25, 0.3) is 5.91 Å². The minimum absolute atomic E-state index is 0.102. The molecule has 1 aliphatic rings. The summed E-state index contributed by atoms with van der Waals surface area (Å²) in [6.07, 6.45) is 0.231. The number of nitrogens with one attached hydrogen (secondary N) is 1. The highest BCUT2D eigenvalue weighted by Crippen LogP contribution is 2.27. The summed E-state index contributed by atoms with van der Waals surface area (Å²) in [5, 5.41) is 12.6. The Bertz CT molecular complexity index is 1020. The Hall–Kier alpha value is -3.08. The van der Waals surface area contributed by atoms with E-state index in [2.05, 4.69) is 11.4 Å². The minimum Gasteiger partial charge on any atom is -0.332 e. The topological polar surface area (TPSA) is 93.5 Å². The van der Waals surface area contributed by atoms with Crippen LogP contribution in [0.4, 0.5) is 5.69 Å². The van der Waals surface area contributed by atoms with Crippen molar-refractivity contribution in [3.63, 3.8) is 0 Å². The summed E-state index contributed by atoms with van der Waals surface area (Å²) < 4.78 is 0. The second-order valence-electron chi connectivity index (χ2n) is 7.24. The molecule has 1 heterocycles. The summed E-state index contributed by atoms with van der Waals surface area (Å²) in [6, 6.07) is 15.0. The molecule has 1 fully saturated rings. The molecular formula is C22H20Cl2N4O3. The first-order valence-corrected chi connectivity index (χ1v) is 10.3. The van der Waals surface area contributed by atoms with E-state index >= 15 is 0 Å². The summed E-state index contributed by atoms with van der Waals surface area (Å²) >= 11 is 12.2. The van der Waals surface area contributed by atoms with Crippen LogP contribution < -0.4 is 5.32 Å². The van der Waals surface area contributed by atoms with Gasteiger partial charge in [0.15, 0.2) is 0 Å². The van der Waals surface area contributed by atoms with E-state index in [0.717, 1.165) is 0 Å². The van der Waals surface area contributed by atoms with Crippen molar-refractivity contribution in [1.29, 1.82) is 5.26 Å². The Morgan fingerprint density at radius 3 is 2.39 bits per heavy atom. The van der Waals surface area contributed by atoms with Crippen LogP contribution in [0.15, 0.2) is 48.5 Å². The second-order valence-corrected chi connectivity index (χ2v) is 8.05. The number of amides is 3. The average Bonchev–Trinajstić information content (AvgIpc) is 3.19. The van der Waals surface area contributed by atoms with Crippen LogP contribution in [0.3, 0.4) is 0 Å². The van der Waals surface area contributed by atoms with Crippen molar-refractivity contribution in [3.8, 4) is 6.07 Å². The van der Waals surface area contributed by atoms with E-state index < -0.39 is 23.8 Å². The van der Waals surface area contributed by atoms with E-state index in [4.69, 9.17) is 23.2 Å². The highest BCUT2D eigenvalue weighted by atomic mass is 35.5. The summed E-state index contributed by atoms with van der Waals surface area (Å²) in [7, 11) is 1.46. The van der Waals surface area contributed by atoms with E-state index in [9.17, 15) is 19.6 Å². The number of nitrogens with zero attached hydrogens (tertiary/aromatic N) is 3. The predicted octanol–water partition coefficient (Wildman–Crippen LogP) is 3.44. The number of carbonyl (C=O) groups is 3. The smallest absolute Gasteiger partial charge is 0.257 e. The van der Waals surface area contributed by atoms with Crippen molar-refractivity contribution in [2.75, 3.05) is 25.5 Å². The molecule has 2 aromatic carbocycles. The minimum atomic E-state index is -0.744. The number of likely N-dealkylation sites (N-methyl/N-ethyl adjacent to an activating group) is 1. The van der Waals surface area contributed by atoms with E-state index in [-0.39, 0.29) is 41.0 Å². The number of nitriles is 1. The quantitative estimate of drug-likeness (QED) is 0.742. The van der Waals surface area contributed by atoms with Crippen LogP contribution in [-0.4, -0.2) is 53.7 Å². The molecule has 0 aliphatic carbocycles. The van der Waals surface area contributed by atoms with Crippen molar-refractivity contribution in [1.82, 2.24) is 9.80 Å². The lowest BCUT2D eigenvalue weighted by Crippen LogP contribution is -2.43. The molecule has 0 radical (unpaired) electrons. The number of rotatable bonds is 5. The van der Waals surface area contributed by atoms with Gasteiger partial charge >= 0.3 is 0 Å². The number of hydrogen-bond donors (Lipinski definition) is 1. The maximum absolute atomic E-state index is 12.8. The van der Waals surface area contributed by atoms with Gasteiger partial charge in [-0.1, -0.05) is 47.5 Å². The van der Waals surface area contributed by atoms with E-state index in [1.807, 2.05) is 6.07 Å². The SMILES string of the molecule is CN(CC(=O)N1CC(C(=O)Nc2ccccc2)CC1C#N)C(=O)c1c(Cl)cccc1Cl. The van der Waals surface area contributed by atoms with Crippen LogP contribution in [0.1, 0.15) is 16.8 Å². The third-order valence-electron chi connectivity index (χ3n) is 5.08. The highest BCUT2D eigenvalue weighted by Gasteiger charge is 2.39. The number of halogens is 2. The lowest BCUT2D eigenvalue weighted by molar-refractivity contribution is -0.131. The zero-order chi connectivity index (χ0) is 22.5. The van der Waals surface area contributed by atoms with Crippen molar-refractivity contribution < 1.29 is 14.4 Å². The summed E-state index contributed by atoms with van der Waals surface area (Å²) in [4.78, 5) is 40.7. The fourth-order valence-corrected chi connectivity index (χ4v) is 4.01. The predicted molar refractivity (Wildman–Crippen MR) is 118 cm³/mol. The van der Waals surface area contributed by atoms with Gasteiger partial charge in [-0.2, -0.15) is 5.26 Å². The zero-order valence-electron chi connectivity index (χ0n) is 16.7. The summed E-state index contributed by atoms with van der Waals surface area (Å²) in [5.74, 6) is -1.71. The van der Waals surface area contributed by atoms with Gasteiger partial charge in [-0.3, -0.25) is 14.4 Å². The number of likely N-dealkylation sites (tertiary alicyclic amines) is 1. The molecule has 31 heavy (non-hydrogen) atoms. The molecule has 3 rings (SSSR count). The fourth-order valence-electron chi connectivity index (χ4n) is 3.45. The summed E-state index contributed by atoms with van der Waals surface area (Å²) in [6.45, 7) is -0.170. The van der Waals surface area contributed by atoms with Gasteiger partial charge in [-0.15, -0.1) is 0 Å². The molecule has 2 aromatic rings. The van der Waals surface area contributed by atoms with E-state index in [0.29, 0.717) is 5.69 Å². The van der Waals surface area contributed by atoms with Gasteiger partial charge < -0.3 is 15.1 Å².